The van der Waals surface area contributed by atoms with Crippen molar-refractivity contribution in [2.24, 2.45) is 0 Å². The Labute approximate surface area is 238 Å². The van der Waals surface area contributed by atoms with Crippen LogP contribution in [0.4, 0.5) is 0 Å². The van der Waals surface area contributed by atoms with Crippen LogP contribution < -0.4 is 0 Å². The molecule has 0 aliphatic carbocycles. The first kappa shape index (κ1) is 27.8. The number of rotatable bonds is 9. The van der Waals surface area contributed by atoms with Gasteiger partial charge in [-0.2, -0.15) is 0 Å². The van der Waals surface area contributed by atoms with Crippen LogP contribution in [0.3, 0.4) is 0 Å². The van der Waals surface area contributed by atoms with Gasteiger partial charge < -0.3 is 19.6 Å². The predicted octanol–water partition coefficient (Wildman–Crippen LogP) is 5.00. The Morgan fingerprint density at radius 3 is 1.97 bits per heavy atom. The highest BCUT2D eigenvalue weighted by Gasteiger charge is 2.66. The number of benzene rings is 3. The third kappa shape index (κ3) is 5.11. The Balaban J connectivity index is 1.54. The van der Waals surface area contributed by atoms with Gasteiger partial charge in [0.15, 0.2) is 9.74 Å². The van der Waals surface area contributed by atoms with E-state index < -0.39 is 9.74 Å². The summed E-state index contributed by atoms with van der Waals surface area (Å²) >= 11 is 3.00. The normalized spacial score (nSPS) is 24.8. The molecule has 1 N–H and O–H groups in total. The van der Waals surface area contributed by atoms with Crippen LogP contribution >= 0.6 is 23.5 Å². The van der Waals surface area contributed by atoms with E-state index in [1.807, 2.05) is 54.6 Å². The van der Waals surface area contributed by atoms with Gasteiger partial charge in [0.05, 0.1) is 24.4 Å². The molecule has 6 rings (SSSR count). The minimum absolute atomic E-state index is 0.0391. The summed E-state index contributed by atoms with van der Waals surface area (Å²) in [4.78, 5) is 29.6. The number of hydrogen-bond acceptors (Lipinski definition) is 6. The highest BCUT2D eigenvalue weighted by molar-refractivity contribution is 8.18. The van der Waals surface area contributed by atoms with Gasteiger partial charge >= 0.3 is 0 Å². The fraction of sp³-hybridized carbons (Fsp3) is 0.355. The van der Waals surface area contributed by atoms with Gasteiger partial charge in [-0.25, -0.2) is 0 Å². The highest BCUT2D eigenvalue weighted by Crippen LogP contribution is 2.61. The second kappa shape index (κ2) is 11.4. The Morgan fingerprint density at radius 1 is 0.769 bits per heavy atom. The third-order valence-electron chi connectivity index (χ3n) is 7.68. The number of aliphatic hydroxyl groups excluding tert-OH is 1. The Morgan fingerprint density at radius 2 is 1.33 bits per heavy atom. The van der Waals surface area contributed by atoms with Crippen LogP contribution in [0.1, 0.15) is 39.3 Å². The van der Waals surface area contributed by atoms with E-state index in [0.29, 0.717) is 13.0 Å². The average molecular weight is 563 g/mol. The van der Waals surface area contributed by atoms with Gasteiger partial charge in [0, 0.05) is 20.5 Å². The number of carbonyl (C=O) groups excluding carboxylic acids is 2. The highest BCUT2D eigenvalue weighted by atomic mass is 32.2. The van der Waals surface area contributed by atoms with Crippen LogP contribution in [0.2, 0.25) is 0 Å². The van der Waals surface area contributed by atoms with Crippen molar-refractivity contribution >= 4 is 35.3 Å². The van der Waals surface area contributed by atoms with Crippen molar-refractivity contribution in [1.82, 2.24) is 9.80 Å². The quantitative estimate of drug-likeness (QED) is 0.396. The van der Waals surface area contributed by atoms with Crippen molar-refractivity contribution in [3.63, 3.8) is 0 Å². The summed E-state index contributed by atoms with van der Waals surface area (Å²) in [6.07, 6.45) is 1.34. The molecule has 204 valence electrons. The lowest BCUT2D eigenvalue weighted by Gasteiger charge is -2.51. The number of fused-ring (bicyclic) bond motifs is 4. The first-order valence-electron chi connectivity index (χ1n) is 13.1. The van der Waals surface area contributed by atoms with Crippen LogP contribution in [0.5, 0.6) is 0 Å². The molecular weight excluding hydrogens is 528 g/mol. The molecule has 2 amide bonds. The fourth-order valence-electron chi connectivity index (χ4n) is 5.17. The SMILES string of the molecule is CCc1ccc(C[C@@]23SC(c4ccc(CO)cc4)S[C@@](COCc4ccccc4)(C(=O)N2C)N(C)C3=O)cc1. The van der Waals surface area contributed by atoms with E-state index in [1.165, 1.54) is 29.1 Å². The molecule has 2 bridgehead atoms. The van der Waals surface area contributed by atoms with Gasteiger partial charge in [-0.1, -0.05) is 85.8 Å². The van der Waals surface area contributed by atoms with Gasteiger partial charge in [-0.15, -0.1) is 23.5 Å². The van der Waals surface area contributed by atoms with E-state index in [4.69, 9.17) is 4.74 Å². The first-order chi connectivity index (χ1) is 18.8. The molecule has 6 nitrogen and oxygen atoms in total. The van der Waals surface area contributed by atoms with Crippen LogP contribution in [0, 0.1) is 0 Å². The van der Waals surface area contributed by atoms with Gasteiger partial charge in [-0.3, -0.25) is 9.59 Å². The molecule has 0 saturated carbocycles. The smallest absolute Gasteiger partial charge is 0.262 e. The summed E-state index contributed by atoms with van der Waals surface area (Å²) < 4.78 is 5.95. The maximum atomic E-state index is 14.3. The number of aliphatic hydroxyl groups is 1. The van der Waals surface area contributed by atoms with Crippen molar-refractivity contribution in [2.75, 3.05) is 20.7 Å². The molecule has 39 heavy (non-hydrogen) atoms. The van der Waals surface area contributed by atoms with E-state index >= 15 is 0 Å². The molecule has 0 aromatic heterocycles. The van der Waals surface area contributed by atoms with Gasteiger partial charge in [0.2, 0.25) is 0 Å². The van der Waals surface area contributed by atoms with Crippen molar-refractivity contribution < 1.29 is 19.4 Å². The van der Waals surface area contributed by atoms with Crippen molar-refractivity contribution in [1.29, 1.82) is 0 Å². The number of likely N-dealkylation sites (N-methyl/N-ethyl adjacent to an activating group) is 2. The number of aryl methyl sites for hydroxylation is 1. The number of thioether (sulfide) groups is 2. The van der Waals surface area contributed by atoms with Crippen LogP contribution in [0.15, 0.2) is 78.9 Å². The number of ether oxygens (including phenoxy) is 1. The fourth-order valence-corrected chi connectivity index (χ4v) is 8.97. The second-order valence-corrected chi connectivity index (χ2v) is 13.2. The molecule has 3 aliphatic rings. The molecule has 3 aromatic carbocycles. The van der Waals surface area contributed by atoms with E-state index in [1.54, 1.807) is 23.9 Å². The maximum Gasteiger partial charge on any atom is 0.262 e. The van der Waals surface area contributed by atoms with E-state index in [-0.39, 0.29) is 29.6 Å². The molecule has 3 heterocycles. The molecule has 3 fully saturated rings. The van der Waals surface area contributed by atoms with Crippen molar-refractivity contribution in [3.05, 3.63) is 107 Å². The molecule has 0 spiro atoms. The topological polar surface area (TPSA) is 70.1 Å². The Kier molecular flexibility index (Phi) is 8.10. The minimum Gasteiger partial charge on any atom is -0.392 e. The molecule has 1 unspecified atom stereocenters. The lowest BCUT2D eigenvalue weighted by Crippen LogP contribution is -2.73. The van der Waals surface area contributed by atoms with E-state index in [9.17, 15) is 14.7 Å². The number of piperazine rings is 1. The zero-order valence-electron chi connectivity index (χ0n) is 22.5. The second-order valence-electron chi connectivity index (χ2n) is 10.1. The molecule has 3 aliphatic heterocycles. The van der Waals surface area contributed by atoms with Crippen LogP contribution in [-0.4, -0.2) is 57.2 Å². The minimum atomic E-state index is -1.21. The summed E-state index contributed by atoms with van der Waals surface area (Å²) in [6.45, 7) is 2.50. The molecular formula is C31H34N2O4S2. The maximum absolute atomic E-state index is 14.3. The van der Waals surface area contributed by atoms with Crippen molar-refractivity contribution in [3.8, 4) is 0 Å². The summed E-state index contributed by atoms with van der Waals surface area (Å²) in [5.41, 5.74) is 5.06. The molecule has 3 atom stereocenters. The Bertz CT molecular complexity index is 1320. The third-order valence-corrected chi connectivity index (χ3v) is 11.2. The summed E-state index contributed by atoms with van der Waals surface area (Å²) in [6, 6.07) is 25.9. The molecule has 3 saturated heterocycles. The first-order valence-corrected chi connectivity index (χ1v) is 14.9. The summed E-state index contributed by atoms with van der Waals surface area (Å²) in [5.74, 6) is -0.228. The van der Waals surface area contributed by atoms with Crippen molar-refractivity contribution in [2.45, 2.75) is 47.3 Å². The number of nitrogens with zero attached hydrogens (tertiary/aromatic N) is 2. The van der Waals surface area contributed by atoms with Crippen LogP contribution in [-0.2, 0) is 40.4 Å². The number of carbonyl (C=O) groups is 2. The monoisotopic (exact) mass is 562 g/mol. The van der Waals surface area contributed by atoms with E-state index in [0.717, 1.165) is 28.7 Å². The van der Waals surface area contributed by atoms with Gasteiger partial charge in [0.25, 0.3) is 11.8 Å². The molecule has 0 radical (unpaired) electrons. The standard InChI is InChI=1S/C31H34N2O4S2/c1-4-22-10-12-23(13-11-22)18-30-28(35)33(3)31(29(36)32(30)2,21-37-20-25-8-6-5-7-9-25)39-27(38-30)26-16-14-24(19-34)15-17-26/h5-17,27,34H,4,18-21H2,1-3H3/t27?,30-,31-/m0/s1. The zero-order valence-corrected chi connectivity index (χ0v) is 24.1. The average Bonchev–Trinajstić information content (AvgIpc) is 3.13. The largest absolute Gasteiger partial charge is 0.392 e. The van der Waals surface area contributed by atoms with Gasteiger partial charge in [0.1, 0.15) is 0 Å². The van der Waals surface area contributed by atoms with E-state index in [2.05, 4.69) is 31.2 Å². The lowest BCUT2D eigenvalue weighted by atomic mass is 9.97. The lowest BCUT2D eigenvalue weighted by molar-refractivity contribution is -0.166. The zero-order chi connectivity index (χ0) is 27.6. The van der Waals surface area contributed by atoms with Crippen LogP contribution in [0.25, 0.3) is 0 Å². The molecule has 8 heteroatoms. The number of amides is 2. The van der Waals surface area contributed by atoms with Gasteiger partial charge in [-0.05, 0) is 34.2 Å². The Hall–Kier alpha value is -2.78. The number of hydrogen-bond donors (Lipinski definition) is 1. The molecule has 3 aromatic rings. The predicted molar refractivity (Wildman–Crippen MR) is 157 cm³/mol. The summed E-state index contributed by atoms with van der Waals surface area (Å²) in [7, 11) is 3.49. The summed E-state index contributed by atoms with van der Waals surface area (Å²) in [5, 5.41) is 9.56.